The van der Waals surface area contributed by atoms with Gasteiger partial charge < -0.3 is 19.9 Å². The molecule has 0 aromatic heterocycles. The van der Waals surface area contributed by atoms with Gasteiger partial charge in [0.15, 0.2) is 11.5 Å². The van der Waals surface area contributed by atoms with E-state index in [-0.39, 0.29) is 35.5 Å². The quantitative estimate of drug-likeness (QED) is 0.119. The van der Waals surface area contributed by atoms with E-state index in [9.17, 15) is 29.5 Å². The van der Waals surface area contributed by atoms with Gasteiger partial charge in [0.05, 0.1) is 41.7 Å². The van der Waals surface area contributed by atoms with Crippen LogP contribution in [0.2, 0.25) is 0 Å². The summed E-state index contributed by atoms with van der Waals surface area (Å²) in [7, 11) is -0.336. The summed E-state index contributed by atoms with van der Waals surface area (Å²) >= 11 is 0. The zero-order valence-electron chi connectivity index (χ0n) is 29.6. The van der Waals surface area contributed by atoms with Crippen LogP contribution < -0.4 is 20.5 Å². The molecule has 2 aliphatic carbocycles. The molecule has 4 aliphatic rings. The lowest BCUT2D eigenvalue weighted by molar-refractivity contribution is -0.139. The Bertz CT molecular complexity index is 2240. The molecule has 2 saturated heterocycles. The van der Waals surface area contributed by atoms with Crippen molar-refractivity contribution in [3.05, 3.63) is 131 Å². The summed E-state index contributed by atoms with van der Waals surface area (Å²) in [6.07, 6.45) is 6.07. The fraction of sp³-hybridized carbons (Fsp3) is 0.238. The Morgan fingerprint density at radius 3 is 2.35 bits per heavy atom. The van der Waals surface area contributed by atoms with Gasteiger partial charge in [-0.1, -0.05) is 90.0 Å². The molecule has 0 radical (unpaired) electrons. The van der Waals surface area contributed by atoms with Crippen molar-refractivity contribution >= 4 is 53.7 Å². The molecule has 8 rings (SSSR count). The fourth-order valence-electron chi connectivity index (χ4n) is 9.08. The number of nitrogens with one attached hydrogen (secondary N) is 1. The number of aromatic hydroxyl groups is 1. The number of carbonyl (C=O) groups excluding carboxylic acids is 4. The maximum atomic E-state index is 15.2. The van der Waals surface area contributed by atoms with Gasteiger partial charge >= 0.3 is 7.12 Å². The first-order valence-electron chi connectivity index (χ1n) is 17.9. The third-order valence-electron chi connectivity index (χ3n) is 11.6. The van der Waals surface area contributed by atoms with E-state index in [0.717, 1.165) is 21.0 Å². The van der Waals surface area contributed by atoms with Gasteiger partial charge in [0.1, 0.15) is 0 Å². The van der Waals surface area contributed by atoms with E-state index in [1.807, 2.05) is 67.6 Å². The molecule has 4 amide bonds. The number of benzene rings is 4. The summed E-state index contributed by atoms with van der Waals surface area (Å²) in [5, 5.41) is 31.1. The van der Waals surface area contributed by atoms with Crippen molar-refractivity contribution in [1.29, 1.82) is 0 Å². The topological polar surface area (TPSA) is 157 Å². The average Bonchev–Trinajstić information content (AvgIpc) is 3.56. The Balaban J connectivity index is 1.28. The van der Waals surface area contributed by atoms with Gasteiger partial charge in [-0.15, -0.1) is 0 Å². The number of anilines is 2. The number of rotatable bonds is 8. The summed E-state index contributed by atoms with van der Waals surface area (Å²) in [6, 6.07) is 27.6. The zero-order chi connectivity index (χ0) is 37.9. The molecule has 1 saturated carbocycles. The van der Waals surface area contributed by atoms with E-state index >= 15 is 4.79 Å². The van der Waals surface area contributed by atoms with Crippen LogP contribution in [-0.4, -0.2) is 58.0 Å². The van der Waals surface area contributed by atoms with Crippen LogP contribution >= 0.6 is 0 Å². The number of allylic oxidation sites excluding steroid dienone is 3. The van der Waals surface area contributed by atoms with Gasteiger partial charge in [0.2, 0.25) is 11.8 Å². The molecule has 6 atom stereocenters. The number of fused-ring (bicyclic) bond motifs is 4. The van der Waals surface area contributed by atoms with Crippen LogP contribution in [-0.2, 0) is 24.6 Å². The van der Waals surface area contributed by atoms with Crippen molar-refractivity contribution in [3.8, 4) is 11.5 Å². The number of aryl methyl sites for hydroxylation is 1. The molecule has 2 aliphatic heterocycles. The SMILES string of the molecule is COc1cc(C=C[C@H]2C3=CC[C@@H]4C(=O)N(c5cccc(B(O)O)c5)C(=O)[C@@H]4[C@@H]3C[C@H]3C(=O)N(Nc4ccc(C)cc4)C(=O)[C@@]23c2ccccc2)ccc1O. The van der Waals surface area contributed by atoms with Crippen LogP contribution in [0.3, 0.4) is 0 Å². The summed E-state index contributed by atoms with van der Waals surface area (Å²) in [5.74, 6) is -5.21. The first-order valence-corrected chi connectivity index (χ1v) is 17.9. The smallest absolute Gasteiger partial charge is 0.488 e. The van der Waals surface area contributed by atoms with Gasteiger partial charge in [0, 0.05) is 5.92 Å². The highest BCUT2D eigenvalue weighted by Crippen LogP contribution is 2.61. The number of hydrazine groups is 1. The van der Waals surface area contributed by atoms with E-state index < -0.39 is 65.8 Å². The lowest BCUT2D eigenvalue weighted by Crippen LogP contribution is -2.54. The van der Waals surface area contributed by atoms with Gasteiger partial charge in [0.25, 0.3) is 11.8 Å². The first kappa shape index (κ1) is 35.1. The molecule has 12 heteroatoms. The van der Waals surface area contributed by atoms with Crippen LogP contribution in [0.4, 0.5) is 11.4 Å². The number of nitrogens with zero attached hydrogens (tertiary/aromatic N) is 2. The van der Waals surface area contributed by atoms with Gasteiger partial charge in [-0.05, 0) is 78.7 Å². The molecule has 4 aromatic rings. The number of hydrogen-bond acceptors (Lipinski definition) is 9. The molecule has 0 bridgehead atoms. The Hall–Kier alpha value is -5.98. The van der Waals surface area contributed by atoms with Crippen LogP contribution in [0.1, 0.15) is 29.5 Å². The van der Waals surface area contributed by atoms with Crippen molar-refractivity contribution in [2.75, 3.05) is 17.4 Å². The minimum absolute atomic E-state index is 0.0309. The van der Waals surface area contributed by atoms with Crippen LogP contribution in [0.25, 0.3) is 6.08 Å². The highest BCUT2D eigenvalue weighted by atomic mass is 16.5. The van der Waals surface area contributed by atoms with Crippen molar-refractivity contribution in [1.82, 2.24) is 5.01 Å². The molecule has 2 heterocycles. The first-order chi connectivity index (χ1) is 26.0. The summed E-state index contributed by atoms with van der Waals surface area (Å²) in [4.78, 5) is 59.7. The maximum Gasteiger partial charge on any atom is 0.488 e. The monoisotopic (exact) mass is 723 g/mol. The molecule has 272 valence electrons. The lowest BCUT2D eigenvalue weighted by Gasteiger charge is -2.49. The molecule has 3 fully saturated rings. The number of amides is 4. The van der Waals surface area contributed by atoms with Crippen LogP contribution in [0.15, 0.2) is 115 Å². The molecule has 11 nitrogen and oxygen atoms in total. The second-order valence-corrected chi connectivity index (χ2v) is 14.4. The lowest BCUT2D eigenvalue weighted by atomic mass is 9.50. The molecule has 4 aromatic carbocycles. The van der Waals surface area contributed by atoms with E-state index in [2.05, 4.69) is 5.43 Å². The number of ether oxygens (including phenoxy) is 1. The molecule has 0 unspecified atom stereocenters. The van der Waals surface area contributed by atoms with Crippen molar-refractivity contribution < 1.29 is 39.1 Å². The van der Waals surface area contributed by atoms with Gasteiger partial charge in [-0.2, -0.15) is 5.01 Å². The Labute approximate surface area is 312 Å². The van der Waals surface area contributed by atoms with Crippen LogP contribution in [0.5, 0.6) is 11.5 Å². The highest BCUT2D eigenvalue weighted by Gasteiger charge is 2.69. The Morgan fingerprint density at radius 1 is 0.870 bits per heavy atom. The predicted octanol–water partition coefficient (Wildman–Crippen LogP) is 4.12. The Kier molecular flexibility index (Phi) is 8.74. The van der Waals surface area contributed by atoms with E-state index in [0.29, 0.717) is 16.8 Å². The molecule has 0 spiro atoms. The number of imide groups is 2. The van der Waals surface area contributed by atoms with E-state index in [4.69, 9.17) is 4.74 Å². The highest BCUT2D eigenvalue weighted by molar-refractivity contribution is 6.58. The summed E-state index contributed by atoms with van der Waals surface area (Å²) in [5.41, 5.74) is 5.75. The largest absolute Gasteiger partial charge is 0.504 e. The van der Waals surface area contributed by atoms with Gasteiger partial charge in [-0.25, -0.2) is 0 Å². The Morgan fingerprint density at radius 2 is 1.63 bits per heavy atom. The third kappa shape index (κ3) is 5.43. The van der Waals surface area contributed by atoms with Crippen molar-refractivity contribution in [2.45, 2.75) is 25.2 Å². The summed E-state index contributed by atoms with van der Waals surface area (Å²) in [6.45, 7) is 1.95. The zero-order valence-corrected chi connectivity index (χ0v) is 29.6. The standard InChI is InChI=1S/C42H38BN3O8/c1-24-11-15-28(16-12-24)44-46-39(49)34-23-32-30(17-18-31-37(32)40(50)45(38(31)48)29-10-6-9-27(22-29)43(52)53)33(19-13-25-14-20-35(47)36(21-25)54-2)42(34,41(46)51)26-7-4-3-5-8-26/h3-17,19-22,31-34,37,44,47,52-53H,18,23H2,1-2H3/t31-,32+,33-,34-,37-,42-/m0/s1. The second kappa shape index (κ2) is 13.5. The van der Waals surface area contributed by atoms with Crippen molar-refractivity contribution in [2.24, 2.45) is 29.6 Å². The average molecular weight is 724 g/mol. The maximum absolute atomic E-state index is 15.2. The van der Waals surface area contributed by atoms with Crippen LogP contribution in [0, 0.1) is 36.5 Å². The molecular weight excluding hydrogens is 685 g/mol. The number of hydrogen-bond donors (Lipinski definition) is 4. The number of phenols is 1. The minimum Gasteiger partial charge on any atom is -0.504 e. The van der Waals surface area contributed by atoms with Crippen molar-refractivity contribution in [3.63, 3.8) is 0 Å². The normalized spacial score (nSPS) is 26.1. The molecular formula is C42H38BN3O8. The number of phenolic OH excluding ortho intramolecular Hbond substituents is 1. The summed E-state index contributed by atoms with van der Waals surface area (Å²) < 4.78 is 5.36. The second-order valence-electron chi connectivity index (χ2n) is 14.4. The number of carbonyl (C=O) groups is 4. The third-order valence-corrected chi connectivity index (χ3v) is 11.6. The van der Waals surface area contributed by atoms with Gasteiger partial charge in [-0.3, -0.25) is 29.5 Å². The fourth-order valence-corrected chi connectivity index (χ4v) is 9.08. The van der Waals surface area contributed by atoms with E-state index in [1.165, 1.54) is 25.3 Å². The minimum atomic E-state index is -1.79. The van der Waals surface area contributed by atoms with E-state index in [1.54, 1.807) is 36.4 Å². The number of methoxy groups -OCH3 is 1. The predicted molar refractivity (Wildman–Crippen MR) is 202 cm³/mol. The molecule has 4 N–H and O–H groups in total. The molecule has 54 heavy (non-hydrogen) atoms.